The van der Waals surface area contributed by atoms with Crippen molar-refractivity contribution in [2.45, 2.75) is 86.4 Å². The Balaban J connectivity index is 3.62. The normalized spacial score (nSPS) is 15.4. The Kier molecular flexibility index (Phi) is 9.47. The fourth-order valence-corrected chi connectivity index (χ4v) is 6.04. The maximum absolute atomic E-state index is 6.63. The van der Waals surface area contributed by atoms with Crippen LogP contribution in [0.1, 0.15) is 70.4 Å². The van der Waals surface area contributed by atoms with E-state index in [-0.39, 0.29) is 23.0 Å². The molecular weight excluding hydrogens is 432 g/mol. The molecule has 0 spiro atoms. The molecule has 156 valence electrons. The summed E-state index contributed by atoms with van der Waals surface area (Å²) in [6.07, 6.45) is 1.22. The minimum atomic E-state index is -1.19. The van der Waals surface area contributed by atoms with Gasteiger partial charge in [-0.15, -0.1) is 0 Å². The standard InChI is InChI=1S/C22H41BrO2Si2/c1-21(2,3)19(24-26(7)8)17-12-11-16(13-14-23)15-18(17)20(22(4,5)6)25-27(9)10/h11-12,15,19-20,26-27H,13-14H2,1-10H3. The zero-order chi connectivity index (χ0) is 21.0. The van der Waals surface area contributed by atoms with Crippen LogP contribution < -0.4 is 0 Å². The lowest BCUT2D eigenvalue weighted by molar-refractivity contribution is 0.0655. The van der Waals surface area contributed by atoms with Crippen LogP contribution in [-0.2, 0) is 15.3 Å². The summed E-state index contributed by atoms with van der Waals surface area (Å²) in [5.74, 6) is 0. The van der Waals surface area contributed by atoms with E-state index in [4.69, 9.17) is 8.85 Å². The van der Waals surface area contributed by atoms with Crippen LogP contribution in [-0.4, -0.2) is 23.4 Å². The first-order valence-electron chi connectivity index (χ1n) is 10.3. The minimum Gasteiger partial charge on any atom is -0.413 e. The molecule has 2 unspecified atom stereocenters. The van der Waals surface area contributed by atoms with Gasteiger partial charge in [0.25, 0.3) is 0 Å². The second kappa shape index (κ2) is 10.2. The van der Waals surface area contributed by atoms with Gasteiger partial charge in [0, 0.05) is 5.33 Å². The van der Waals surface area contributed by atoms with Gasteiger partial charge in [-0.3, -0.25) is 0 Å². The summed E-state index contributed by atoms with van der Waals surface area (Å²) in [4.78, 5) is 0. The molecule has 0 radical (unpaired) electrons. The first kappa shape index (κ1) is 25.1. The summed E-state index contributed by atoms with van der Waals surface area (Å²) in [6.45, 7) is 22.8. The second-order valence-corrected chi connectivity index (χ2v) is 15.8. The molecular formula is C22H41BrO2Si2. The van der Waals surface area contributed by atoms with Crippen LogP contribution >= 0.6 is 15.9 Å². The number of halogens is 1. The molecule has 1 rings (SSSR count). The van der Waals surface area contributed by atoms with Gasteiger partial charge < -0.3 is 8.85 Å². The first-order valence-corrected chi connectivity index (χ1v) is 16.9. The van der Waals surface area contributed by atoms with Crippen LogP contribution in [0.2, 0.25) is 26.2 Å². The largest absolute Gasteiger partial charge is 0.413 e. The topological polar surface area (TPSA) is 18.5 Å². The van der Waals surface area contributed by atoms with Crippen molar-refractivity contribution in [1.82, 2.24) is 0 Å². The molecule has 0 heterocycles. The lowest BCUT2D eigenvalue weighted by Crippen LogP contribution is -2.31. The second-order valence-electron chi connectivity index (χ2n) is 10.3. The highest BCUT2D eigenvalue weighted by atomic mass is 79.9. The summed E-state index contributed by atoms with van der Waals surface area (Å²) in [5, 5.41) is 0.976. The lowest BCUT2D eigenvalue weighted by Gasteiger charge is -2.39. The lowest BCUT2D eigenvalue weighted by atomic mass is 9.77. The zero-order valence-corrected chi connectivity index (χ0v) is 23.0. The van der Waals surface area contributed by atoms with Gasteiger partial charge in [-0.05, 0) is 60.1 Å². The Hall–Kier alpha value is 0.0538. The highest BCUT2D eigenvalue weighted by Crippen LogP contribution is 2.45. The van der Waals surface area contributed by atoms with Gasteiger partial charge >= 0.3 is 0 Å². The maximum atomic E-state index is 6.63. The summed E-state index contributed by atoms with van der Waals surface area (Å²) >= 11 is 3.60. The molecule has 2 nitrogen and oxygen atoms in total. The fraction of sp³-hybridized carbons (Fsp3) is 0.727. The third-order valence-electron chi connectivity index (χ3n) is 4.49. The van der Waals surface area contributed by atoms with Gasteiger partial charge in [0.2, 0.25) is 0 Å². The summed E-state index contributed by atoms with van der Waals surface area (Å²) in [6, 6.07) is 6.97. The predicted octanol–water partition coefficient (Wildman–Crippen LogP) is 6.80. The quantitative estimate of drug-likeness (QED) is 0.305. The van der Waals surface area contributed by atoms with Crippen LogP contribution in [0.25, 0.3) is 0 Å². The Morgan fingerprint density at radius 1 is 0.815 bits per heavy atom. The number of benzene rings is 1. The summed E-state index contributed by atoms with van der Waals surface area (Å²) in [5.41, 5.74) is 4.09. The summed E-state index contributed by atoms with van der Waals surface area (Å²) < 4.78 is 13.2. The predicted molar refractivity (Wildman–Crippen MR) is 128 cm³/mol. The number of hydrogen-bond donors (Lipinski definition) is 0. The van der Waals surface area contributed by atoms with E-state index >= 15 is 0 Å². The average molecular weight is 474 g/mol. The van der Waals surface area contributed by atoms with E-state index in [9.17, 15) is 0 Å². The SMILES string of the molecule is C[SiH](C)OC(c1ccc(CCBr)cc1C(O[SiH](C)C)C(C)(C)C)C(C)(C)C. The molecule has 0 bridgehead atoms. The smallest absolute Gasteiger partial charge is 0.171 e. The monoisotopic (exact) mass is 472 g/mol. The third-order valence-corrected chi connectivity index (χ3v) is 6.52. The van der Waals surface area contributed by atoms with E-state index in [2.05, 4.69) is 102 Å². The molecule has 0 saturated heterocycles. The first-order chi connectivity index (χ1) is 12.3. The van der Waals surface area contributed by atoms with E-state index in [1.54, 1.807) is 0 Å². The van der Waals surface area contributed by atoms with Crippen LogP contribution in [0.3, 0.4) is 0 Å². The van der Waals surface area contributed by atoms with Crippen molar-refractivity contribution in [2.24, 2.45) is 10.8 Å². The minimum absolute atomic E-state index is 0.0384. The van der Waals surface area contributed by atoms with E-state index in [1.165, 1.54) is 16.7 Å². The molecule has 0 aliphatic carbocycles. The highest BCUT2D eigenvalue weighted by Gasteiger charge is 2.35. The molecule has 0 saturated carbocycles. The van der Waals surface area contributed by atoms with Crippen molar-refractivity contribution in [3.8, 4) is 0 Å². The van der Waals surface area contributed by atoms with Crippen LogP contribution in [0.4, 0.5) is 0 Å². The maximum Gasteiger partial charge on any atom is 0.171 e. The van der Waals surface area contributed by atoms with Crippen LogP contribution in [0, 0.1) is 10.8 Å². The molecule has 0 aliphatic heterocycles. The molecule has 1 aromatic rings. The Bertz CT molecular complexity index is 589. The van der Waals surface area contributed by atoms with Crippen molar-refractivity contribution in [2.75, 3.05) is 5.33 Å². The van der Waals surface area contributed by atoms with Crippen molar-refractivity contribution in [1.29, 1.82) is 0 Å². The Morgan fingerprint density at radius 3 is 1.63 bits per heavy atom. The summed E-state index contributed by atoms with van der Waals surface area (Å²) in [7, 11) is -2.38. The van der Waals surface area contributed by atoms with E-state index < -0.39 is 18.1 Å². The fourth-order valence-electron chi connectivity index (χ4n) is 3.39. The van der Waals surface area contributed by atoms with Gasteiger partial charge in [0.15, 0.2) is 18.1 Å². The number of rotatable bonds is 8. The molecule has 2 atom stereocenters. The van der Waals surface area contributed by atoms with Crippen molar-refractivity contribution in [3.63, 3.8) is 0 Å². The molecule has 0 fully saturated rings. The van der Waals surface area contributed by atoms with Crippen molar-refractivity contribution in [3.05, 3.63) is 34.9 Å². The number of alkyl halides is 1. The molecule has 5 heteroatoms. The van der Waals surface area contributed by atoms with Crippen LogP contribution in [0.5, 0.6) is 0 Å². The van der Waals surface area contributed by atoms with Gasteiger partial charge in [-0.1, -0.05) is 75.7 Å². The molecule has 0 aromatic heterocycles. The third kappa shape index (κ3) is 7.77. The Morgan fingerprint density at radius 2 is 1.26 bits per heavy atom. The van der Waals surface area contributed by atoms with Crippen molar-refractivity contribution < 1.29 is 8.85 Å². The van der Waals surface area contributed by atoms with E-state index in [0.717, 1.165) is 11.8 Å². The highest BCUT2D eigenvalue weighted by molar-refractivity contribution is 9.09. The Labute approximate surface area is 180 Å². The molecule has 27 heavy (non-hydrogen) atoms. The van der Waals surface area contributed by atoms with E-state index in [1.807, 2.05) is 0 Å². The van der Waals surface area contributed by atoms with Gasteiger partial charge in [-0.2, -0.15) is 0 Å². The number of aryl methyl sites for hydroxylation is 1. The molecule has 1 aromatic carbocycles. The van der Waals surface area contributed by atoms with E-state index in [0.29, 0.717) is 0 Å². The van der Waals surface area contributed by atoms with Gasteiger partial charge in [-0.25, -0.2) is 0 Å². The average Bonchev–Trinajstić information content (AvgIpc) is 2.48. The zero-order valence-electron chi connectivity index (χ0n) is 19.2. The van der Waals surface area contributed by atoms with Gasteiger partial charge in [0.05, 0.1) is 12.2 Å². The molecule has 0 amide bonds. The number of hydrogen-bond acceptors (Lipinski definition) is 2. The molecule has 0 N–H and O–H groups in total. The molecule has 0 aliphatic rings. The van der Waals surface area contributed by atoms with Gasteiger partial charge in [0.1, 0.15) is 0 Å². The van der Waals surface area contributed by atoms with Crippen molar-refractivity contribution >= 4 is 34.0 Å². The van der Waals surface area contributed by atoms with Crippen LogP contribution in [0.15, 0.2) is 18.2 Å².